The number of ether oxygens (including phenoxy) is 1. The number of carbonyl (C=O) groups excluding carboxylic acids is 1. The minimum Gasteiger partial charge on any atom is -0.508 e. The Morgan fingerprint density at radius 2 is 1.73 bits per heavy atom. The van der Waals surface area contributed by atoms with E-state index in [-0.39, 0.29) is 5.97 Å². The molecular weight excluding hydrogens is 324 g/mol. The molecule has 5 rings (SSSR count). The van der Waals surface area contributed by atoms with Gasteiger partial charge in [0.1, 0.15) is 11.5 Å². The summed E-state index contributed by atoms with van der Waals surface area (Å²) in [6, 6.07) is 12.3. The number of hydrogen-bond donors (Lipinski definition) is 1. The summed E-state index contributed by atoms with van der Waals surface area (Å²) in [5.41, 5.74) is 5.37. The third kappa shape index (κ3) is 2.61. The predicted molar refractivity (Wildman–Crippen MR) is 99.6 cm³/mol. The fourth-order valence-corrected chi connectivity index (χ4v) is 5.42. The lowest BCUT2D eigenvalue weighted by molar-refractivity contribution is -0.135. The van der Waals surface area contributed by atoms with E-state index < -0.39 is 0 Å². The molecule has 0 amide bonds. The van der Waals surface area contributed by atoms with Crippen molar-refractivity contribution in [3.05, 3.63) is 58.7 Å². The number of esters is 1. The molecule has 1 saturated carbocycles. The van der Waals surface area contributed by atoms with Gasteiger partial charge in [0.15, 0.2) is 0 Å². The molecule has 3 atom stereocenters. The molecule has 26 heavy (non-hydrogen) atoms. The first-order valence-corrected chi connectivity index (χ1v) is 9.84. The van der Waals surface area contributed by atoms with Crippen LogP contribution in [0.25, 0.3) is 0 Å². The normalized spacial score (nSPS) is 27.1. The summed E-state index contributed by atoms with van der Waals surface area (Å²) in [7, 11) is 0. The lowest BCUT2D eigenvalue weighted by atomic mass is 9.61. The molecule has 2 aliphatic carbocycles. The topological polar surface area (TPSA) is 46.5 Å². The molecule has 3 nitrogen and oxygen atoms in total. The van der Waals surface area contributed by atoms with Crippen LogP contribution >= 0.6 is 0 Å². The van der Waals surface area contributed by atoms with Crippen molar-refractivity contribution < 1.29 is 14.6 Å². The number of phenols is 1. The third-order valence-electron chi connectivity index (χ3n) is 6.64. The average molecular weight is 348 g/mol. The molecule has 3 aliphatic rings. The van der Waals surface area contributed by atoms with Crippen LogP contribution in [0.5, 0.6) is 11.5 Å². The number of phenolic OH excluding ortho intramolecular Hbond substituents is 1. The second kappa shape index (κ2) is 6.15. The monoisotopic (exact) mass is 348 g/mol. The van der Waals surface area contributed by atoms with Crippen LogP contribution in [0.3, 0.4) is 0 Å². The first kappa shape index (κ1) is 15.9. The quantitative estimate of drug-likeness (QED) is 0.591. The largest absolute Gasteiger partial charge is 0.508 e. The van der Waals surface area contributed by atoms with Gasteiger partial charge in [0.2, 0.25) is 0 Å². The van der Waals surface area contributed by atoms with Gasteiger partial charge in [-0.05, 0) is 83.9 Å². The van der Waals surface area contributed by atoms with E-state index in [1.807, 2.05) is 12.1 Å². The number of fused-ring (bicyclic) bond motifs is 4. The summed E-state index contributed by atoms with van der Waals surface area (Å²) in [6.07, 6.45) is 7.37. The first-order chi connectivity index (χ1) is 12.7. The Morgan fingerprint density at radius 1 is 0.923 bits per heavy atom. The van der Waals surface area contributed by atoms with E-state index in [0.29, 0.717) is 29.9 Å². The van der Waals surface area contributed by atoms with E-state index >= 15 is 0 Å². The second-order valence-corrected chi connectivity index (χ2v) is 8.09. The Morgan fingerprint density at radius 3 is 2.58 bits per heavy atom. The maximum atomic E-state index is 11.7. The standard InChI is InChI=1S/C23H24O3/c24-17-8-5-14(6-9-17)20-12-16-11-15-7-10-23(25)26-22(15)13-21(16)19-4-2-1-3-18(19)20/h5-6,8-9,11,13,18-20,24H,1-4,7,10,12H2/t18-,19+,20-/m0/s1. The maximum Gasteiger partial charge on any atom is 0.311 e. The Kier molecular flexibility index (Phi) is 3.77. The van der Waals surface area contributed by atoms with Gasteiger partial charge in [0, 0.05) is 0 Å². The molecule has 1 fully saturated rings. The molecule has 1 heterocycles. The lowest BCUT2D eigenvalue weighted by Gasteiger charge is -2.43. The van der Waals surface area contributed by atoms with Gasteiger partial charge in [-0.15, -0.1) is 0 Å². The summed E-state index contributed by atoms with van der Waals surface area (Å²) in [6.45, 7) is 0. The van der Waals surface area contributed by atoms with E-state index in [1.54, 1.807) is 0 Å². The number of benzene rings is 2. The minimum atomic E-state index is -0.101. The van der Waals surface area contributed by atoms with Crippen molar-refractivity contribution in [3.8, 4) is 11.5 Å². The fraction of sp³-hybridized carbons (Fsp3) is 0.435. The van der Waals surface area contributed by atoms with Crippen molar-refractivity contribution >= 4 is 5.97 Å². The highest BCUT2D eigenvalue weighted by Crippen LogP contribution is 2.52. The molecule has 1 aliphatic heterocycles. The number of carbonyl (C=O) groups is 1. The Bertz CT molecular complexity index is 853. The van der Waals surface area contributed by atoms with Gasteiger partial charge in [0.05, 0.1) is 6.42 Å². The van der Waals surface area contributed by atoms with Crippen LogP contribution in [0.4, 0.5) is 0 Å². The Balaban J connectivity index is 1.58. The number of hydrogen-bond acceptors (Lipinski definition) is 3. The van der Waals surface area contributed by atoms with E-state index in [0.717, 1.165) is 18.6 Å². The maximum absolute atomic E-state index is 11.7. The molecule has 0 spiro atoms. The Hall–Kier alpha value is -2.29. The summed E-state index contributed by atoms with van der Waals surface area (Å²) in [5, 5.41) is 9.66. The van der Waals surface area contributed by atoms with Crippen LogP contribution in [-0.4, -0.2) is 11.1 Å². The van der Waals surface area contributed by atoms with E-state index in [1.165, 1.54) is 47.9 Å². The van der Waals surface area contributed by atoms with Crippen molar-refractivity contribution in [3.63, 3.8) is 0 Å². The molecule has 0 bridgehead atoms. The minimum absolute atomic E-state index is 0.101. The molecule has 0 aromatic heterocycles. The number of aromatic hydroxyl groups is 1. The van der Waals surface area contributed by atoms with Crippen molar-refractivity contribution in [2.24, 2.45) is 5.92 Å². The molecule has 3 heteroatoms. The molecule has 0 saturated heterocycles. The van der Waals surface area contributed by atoms with Crippen LogP contribution in [-0.2, 0) is 17.6 Å². The molecule has 0 unspecified atom stereocenters. The number of rotatable bonds is 1. The van der Waals surface area contributed by atoms with Crippen LogP contribution in [0.2, 0.25) is 0 Å². The zero-order valence-corrected chi connectivity index (χ0v) is 14.9. The van der Waals surface area contributed by atoms with Gasteiger partial charge >= 0.3 is 5.97 Å². The van der Waals surface area contributed by atoms with E-state index in [2.05, 4.69) is 24.3 Å². The predicted octanol–water partition coefficient (Wildman–Crippen LogP) is 4.86. The van der Waals surface area contributed by atoms with E-state index in [9.17, 15) is 9.90 Å². The van der Waals surface area contributed by atoms with Gasteiger partial charge in [-0.25, -0.2) is 0 Å². The van der Waals surface area contributed by atoms with Gasteiger partial charge in [-0.3, -0.25) is 4.79 Å². The van der Waals surface area contributed by atoms with Gasteiger partial charge in [0.25, 0.3) is 0 Å². The van der Waals surface area contributed by atoms with E-state index in [4.69, 9.17) is 4.74 Å². The molecule has 1 N–H and O–H groups in total. The highest BCUT2D eigenvalue weighted by atomic mass is 16.5. The number of aryl methyl sites for hydroxylation is 1. The smallest absolute Gasteiger partial charge is 0.311 e. The SMILES string of the molecule is O=C1CCc2cc3c(cc2O1)[C@@H]1CCCC[C@@H]1[C@H](c1ccc(O)cc1)C3. The van der Waals surface area contributed by atoms with Crippen LogP contribution in [0.15, 0.2) is 36.4 Å². The fourth-order valence-electron chi connectivity index (χ4n) is 5.42. The van der Waals surface area contributed by atoms with Crippen molar-refractivity contribution in [2.75, 3.05) is 0 Å². The van der Waals surface area contributed by atoms with Gasteiger partial charge in [-0.2, -0.15) is 0 Å². The highest BCUT2D eigenvalue weighted by Gasteiger charge is 2.39. The molecule has 0 radical (unpaired) electrons. The summed E-state index contributed by atoms with van der Waals surface area (Å²) in [4.78, 5) is 11.7. The molecule has 134 valence electrons. The van der Waals surface area contributed by atoms with Crippen molar-refractivity contribution in [2.45, 2.75) is 56.8 Å². The van der Waals surface area contributed by atoms with Gasteiger partial charge < -0.3 is 9.84 Å². The highest BCUT2D eigenvalue weighted by molar-refractivity contribution is 5.75. The zero-order valence-electron chi connectivity index (χ0n) is 14.9. The third-order valence-corrected chi connectivity index (χ3v) is 6.64. The van der Waals surface area contributed by atoms with Crippen molar-refractivity contribution in [1.82, 2.24) is 0 Å². The summed E-state index contributed by atoms with van der Waals surface area (Å²) < 4.78 is 5.54. The first-order valence-electron chi connectivity index (χ1n) is 9.84. The molecule has 2 aromatic carbocycles. The Labute approximate surface area is 154 Å². The summed E-state index contributed by atoms with van der Waals surface area (Å²) in [5.74, 6) is 2.73. The van der Waals surface area contributed by atoms with Gasteiger partial charge in [-0.1, -0.05) is 31.0 Å². The summed E-state index contributed by atoms with van der Waals surface area (Å²) >= 11 is 0. The lowest BCUT2D eigenvalue weighted by Crippen LogP contribution is -2.31. The molecular formula is C23H24O3. The van der Waals surface area contributed by atoms with Crippen molar-refractivity contribution in [1.29, 1.82) is 0 Å². The second-order valence-electron chi connectivity index (χ2n) is 8.09. The average Bonchev–Trinajstić information content (AvgIpc) is 2.67. The zero-order chi connectivity index (χ0) is 17.7. The van der Waals surface area contributed by atoms with Crippen LogP contribution in [0.1, 0.15) is 66.2 Å². The van der Waals surface area contributed by atoms with Crippen LogP contribution in [0, 0.1) is 5.92 Å². The molecule has 2 aromatic rings. The van der Waals surface area contributed by atoms with Crippen LogP contribution < -0.4 is 4.74 Å².